The molecule has 1 saturated heterocycles. The first-order valence-electron chi connectivity index (χ1n) is 12.7. The van der Waals surface area contributed by atoms with Crippen LogP contribution in [0.4, 0.5) is 11.4 Å². The molecule has 0 saturated carbocycles. The van der Waals surface area contributed by atoms with E-state index in [4.69, 9.17) is 5.11 Å². The molecule has 2 aromatic carbocycles. The Bertz CT molecular complexity index is 1370. The van der Waals surface area contributed by atoms with Crippen molar-refractivity contribution in [2.45, 2.75) is 44.9 Å². The highest BCUT2D eigenvalue weighted by Gasteiger charge is 2.52. The van der Waals surface area contributed by atoms with Crippen LogP contribution in [0.25, 0.3) is 0 Å². The lowest BCUT2D eigenvalue weighted by Crippen LogP contribution is -2.44. The summed E-state index contributed by atoms with van der Waals surface area (Å²) in [7, 11) is 0. The summed E-state index contributed by atoms with van der Waals surface area (Å²) in [6.07, 6.45) is 7.32. The number of fused-ring (bicyclic) bond motifs is 1. The van der Waals surface area contributed by atoms with Crippen molar-refractivity contribution in [2.24, 2.45) is 5.92 Å². The van der Waals surface area contributed by atoms with Crippen molar-refractivity contribution < 1.29 is 19.8 Å². The minimum absolute atomic E-state index is 0.0300. The van der Waals surface area contributed by atoms with Crippen LogP contribution in [0.3, 0.4) is 0 Å². The van der Waals surface area contributed by atoms with Gasteiger partial charge in [0.25, 0.3) is 5.91 Å². The number of aromatic nitrogens is 3. The molecule has 0 aliphatic carbocycles. The fraction of sp³-hybridized carbons (Fsp3) is 0.357. The van der Waals surface area contributed by atoms with Gasteiger partial charge in [0.05, 0.1) is 17.9 Å². The highest BCUT2D eigenvalue weighted by molar-refractivity contribution is 9.10. The van der Waals surface area contributed by atoms with Gasteiger partial charge in [-0.3, -0.25) is 14.3 Å². The van der Waals surface area contributed by atoms with Crippen LogP contribution in [-0.4, -0.2) is 50.2 Å². The Morgan fingerprint density at radius 2 is 1.97 bits per heavy atom. The minimum atomic E-state index is -1.71. The van der Waals surface area contributed by atoms with Gasteiger partial charge >= 0.3 is 0 Å². The molecule has 0 unspecified atom stereocenters. The number of carbonyl (C=O) groups is 2. The number of anilines is 2. The van der Waals surface area contributed by atoms with Crippen molar-refractivity contribution in [1.82, 2.24) is 15.0 Å². The topological polar surface area (TPSA) is 112 Å². The van der Waals surface area contributed by atoms with Gasteiger partial charge < -0.3 is 20.0 Å². The number of allylic oxidation sites excluding steroid dienone is 1. The van der Waals surface area contributed by atoms with Crippen molar-refractivity contribution in [3.05, 3.63) is 82.1 Å². The molecule has 2 aliphatic heterocycles. The van der Waals surface area contributed by atoms with E-state index in [1.165, 1.54) is 0 Å². The van der Waals surface area contributed by atoms with Gasteiger partial charge in [0.1, 0.15) is 0 Å². The average molecular weight is 580 g/mol. The summed E-state index contributed by atoms with van der Waals surface area (Å²) < 4.78 is 2.50. The minimum Gasteiger partial charge on any atom is -0.396 e. The summed E-state index contributed by atoms with van der Waals surface area (Å²) in [5.41, 5.74) is 2.05. The van der Waals surface area contributed by atoms with E-state index >= 15 is 0 Å². The molecule has 0 spiro atoms. The van der Waals surface area contributed by atoms with Gasteiger partial charge in [0, 0.05) is 60.4 Å². The quantitative estimate of drug-likeness (QED) is 0.281. The standard InChI is InChI=1S/C28H30BrN5O4/c1-19(4-2-3-13-32-18-22(12-15-35)30-31-32)28(38)24-16-21(29)7-10-25(24)34(27(28)37)17-20-5-8-23(9-6-20)33-14-11-26(33)36/h2,4-10,16,18-19,35,38H,3,11-15,17H2,1H3/b4-2+/t19-,28+/m0/s1. The summed E-state index contributed by atoms with van der Waals surface area (Å²) >= 11 is 3.49. The smallest absolute Gasteiger partial charge is 0.264 e. The van der Waals surface area contributed by atoms with E-state index in [-0.39, 0.29) is 18.4 Å². The number of carbonyl (C=O) groups excluding carboxylic acids is 2. The molecule has 2 N–H and O–H groups in total. The molecular formula is C28H30BrN5O4. The molecule has 3 heterocycles. The first kappa shape index (κ1) is 26.3. The van der Waals surface area contributed by atoms with E-state index in [2.05, 4.69) is 26.2 Å². The van der Waals surface area contributed by atoms with E-state index < -0.39 is 11.5 Å². The number of aliphatic hydroxyl groups is 2. The molecular weight excluding hydrogens is 550 g/mol. The molecule has 1 aromatic heterocycles. The van der Waals surface area contributed by atoms with Crippen molar-refractivity contribution in [3.63, 3.8) is 0 Å². The number of hydrogen-bond donors (Lipinski definition) is 2. The van der Waals surface area contributed by atoms with E-state index in [9.17, 15) is 14.7 Å². The molecule has 1 fully saturated rings. The number of aryl methyl sites for hydroxylation is 1. The van der Waals surface area contributed by atoms with E-state index in [1.54, 1.807) is 20.7 Å². The SMILES string of the molecule is C[C@@H](/C=C/CCn1cc(CCO)nn1)[C@]1(O)C(=O)N(Cc2ccc(N3CCC3=O)cc2)c2ccc(Br)cc21. The van der Waals surface area contributed by atoms with Crippen LogP contribution >= 0.6 is 15.9 Å². The monoisotopic (exact) mass is 579 g/mol. The third-order valence-corrected chi connectivity index (χ3v) is 7.73. The lowest BCUT2D eigenvalue weighted by molar-refractivity contribution is -0.139. The molecule has 2 aliphatic rings. The molecule has 2 atom stereocenters. The Kier molecular flexibility index (Phi) is 7.47. The Labute approximate surface area is 229 Å². The van der Waals surface area contributed by atoms with Crippen molar-refractivity contribution in [2.75, 3.05) is 23.0 Å². The Morgan fingerprint density at radius 3 is 2.66 bits per heavy atom. The van der Waals surface area contributed by atoms with E-state index in [1.807, 2.05) is 61.5 Å². The summed E-state index contributed by atoms with van der Waals surface area (Å²) in [5, 5.41) is 29.0. The number of nitrogens with zero attached hydrogens (tertiary/aromatic N) is 5. The maximum Gasteiger partial charge on any atom is 0.264 e. The fourth-order valence-electron chi connectivity index (χ4n) is 4.95. The average Bonchev–Trinajstić information content (AvgIpc) is 3.43. The first-order valence-corrected chi connectivity index (χ1v) is 13.5. The summed E-state index contributed by atoms with van der Waals surface area (Å²) in [4.78, 5) is 28.9. The number of amides is 2. The lowest BCUT2D eigenvalue weighted by atomic mass is 9.83. The first-order chi connectivity index (χ1) is 18.3. The van der Waals surface area contributed by atoms with Crippen LogP contribution in [0.5, 0.6) is 0 Å². The predicted molar refractivity (Wildman–Crippen MR) is 146 cm³/mol. The fourth-order valence-corrected chi connectivity index (χ4v) is 5.31. The highest BCUT2D eigenvalue weighted by Crippen LogP contribution is 2.46. The second-order valence-electron chi connectivity index (χ2n) is 9.73. The molecule has 10 heteroatoms. The van der Waals surface area contributed by atoms with Crippen molar-refractivity contribution in [3.8, 4) is 0 Å². The molecule has 198 valence electrons. The number of halogens is 1. The van der Waals surface area contributed by atoms with Crippen molar-refractivity contribution in [1.29, 1.82) is 0 Å². The van der Waals surface area contributed by atoms with Gasteiger partial charge in [-0.05, 0) is 42.3 Å². The summed E-state index contributed by atoms with van der Waals surface area (Å²) in [5.74, 6) is -0.727. The van der Waals surface area contributed by atoms with Gasteiger partial charge in [0.2, 0.25) is 5.91 Å². The zero-order chi connectivity index (χ0) is 26.9. The number of benzene rings is 2. The Hall–Kier alpha value is -3.34. The third-order valence-electron chi connectivity index (χ3n) is 7.23. The maximum absolute atomic E-state index is 13.8. The molecule has 2 amide bonds. The van der Waals surface area contributed by atoms with Gasteiger partial charge in [-0.15, -0.1) is 5.10 Å². The van der Waals surface area contributed by atoms with Crippen LogP contribution < -0.4 is 9.80 Å². The molecule has 5 rings (SSSR count). The lowest BCUT2D eigenvalue weighted by Gasteiger charge is -2.31. The van der Waals surface area contributed by atoms with Crippen LogP contribution in [0.2, 0.25) is 0 Å². The number of aliphatic hydroxyl groups excluding tert-OH is 1. The predicted octanol–water partition coefficient (Wildman–Crippen LogP) is 3.33. The van der Waals surface area contributed by atoms with Gasteiger partial charge in [-0.2, -0.15) is 0 Å². The Morgan fingerprint density at radius 1 is 1.18 bits per heavy atom. The number of hydrogen-bond acceptors (Lipinski definition) is 6. The molecule has 9 nitrogen and oxygen atoms in total. The molecule has 3 aromatic rings. The van der Waals surface area contributed by atoms with Gasteiger partial charge in [-0.25, -0.2) is 0 Å². The van der Waals surface area contributed by atoms with E-state index in [0.29, 0.717) is 43.6 Å². The summed E-state index contributed by atoms with van der Waals surface area (Å²) in [6.45, 7) is 3.51. The Balaban J connectivity index is 1.31. The summed E-state index contributed by atoms with van der Waals surface area (Å²) in [6, 6.07) is 13.2. The van der Waals surface area contributed by atoms with Crippen LogP contribution in [0.15, 0.2) is 65.3 Å². The van der Waals surface area contributed by atoms with E-state index in [0.717, 1.165) is 28.0 Å². The third kappa shape index (κ3) is 4.91. The van der Waals surface area contributed by atoms with Crippen LogP contribution in [0.1, 0.15) is 36.6 Å². The molecule has 38 heavy (non-hydrogen) atoms. The number of β-lactam (4-membered cyclic amide) rings is 1. The van der Waals surface area contributed by atoms with Crippen molar-refractivity contribution >= 4 is 39.1 Å². The van der Waals surface area contributed by atoms with Gasteiger partial charge in [-0.1, -0.05) is 52.4 Å². The second kappa shape index (κ2) is 10.8. The zero-order valence-corrected chi connectivity index (χ0v) is 22.7. The largest absolute Gasteiger partial charge is 0.396 e. The normalized spacial score (nSPS) is 19.8. The van der Waals surface area contributed by atoms with Gasteiger partial charge in [0.15, 0.2) is 5.60 Å². The second-order valence-corrected chi connectivity index (χ2v) is 10.6. The molecule has 0 bridgehead atoms. The van der Waals surface area contributed by atoms with Crippen LogP contribution in [0, 0.1) is 5.92 Å². The number of rotatable bonds is 10. The maximum atomic E-state index is 13.8. The zero-order valence-electron chi connectivity index (χ0n) is 21.1. The highest BCUT2D eigenvalue weighted by atomic mass is 79.9. The molecule has 0 radical (unpaired) electrons. The van der Waals surface area contributed by atoms with Crippen LogP contribution in [-0.2, 0) is 34.7 Å².